The van der Waals surface area contributed by atoms with Gasteiger partial charge in [-0.05, 0) is 46.5 Å². The first-order valence-electron chi connectivity index (χ1n) is 7.01. The quantitative estimate of drug-likeness (QED) is 0.776. The second-order valence-electron chi connectivity index (χ2n) is 5.20. The van der Waals surface area contributed by atoms with Gasteiger partial charge < -0.3 is 9.84 Å². The molecule has 0 amide bonds. The van der Waals surface area contributed by atoms with E-state index in [4.69, 9.17) is 4.74 Å². The van der Waals surface area contributed by atoms with Crippen LogP contribution in [-0.4, -0.2) is 12.2 Å². The van der Waals surface area contributed by atoms with Crippen LogP contribution in [0.5, 0.6) is 5.75 Å². The zero-order valence-electron chi connectivity index (χ0n) is 12.2. The van der Waals surface area contributed by atoms with Crippen LogP contribution in [0.4, 0.5) is 0 Å². The first-order valence-corrected chi connectivity index (χ1v) is 7.01. The maximum Gasteiger partial charge on any atom is 0.119 e. The van der Waals surface area contributed by atoms with Gasteiger partial charge in [-0.25, -0.2) is 0 Å². The lowest BCUT2D eigenvalue weighted by atomic mass is 9.92. The molecule has 21 heavy (non-hydrogen) atoms. The van der Waals surface area contributed by atoms with Crippen molar-refractivity contribution in [1.82, 2.24) is 0 Å². The summed E-state index contributed by atoms with van der Waals surface area (Å²) in [5.41, 5.74) is 2.89. The molecule has 1 atom stereocenters. The molecule has 0 saturated carbocycles. The van der Waals surface area contributed by atoms with Crippen molar-refractivity contribution in [2.75, 3.05) is 7.11 Å². The van der Waals surface area contributed by atoms with Gasteiger partial charge in [0, 0.05) is 0 Å². The summed E-state index contributed by atoms with van der Waals surface area (Å²) >= 11 is 0. The summed E-state index contributed by atoms with van der Waals surface area (Å²) in [6.07, 6.45) is -0.661. The van der Waals surface area contributed by atoms with E-state index in [1.165, 1.54) is 0 Å². The van der Waals surface area contributed by atoms with E-state index < -0.39 is 6.10 Å². The van der Waals surface area contributed by atoms with Crippen LogP contribution in [0.15, 0.2) is 60.7 Å². The second-order valence-corrected chi connectivity index (χ2v) is 5.20. The number of ether oxygens (including phenoxy) is 1. The zero-order valence-corrected chi connectivity index (χ0v) is 12.2. The monoisotopic (exact) mass is 278 g/mol. The number of aliphatic hydroxyl groups excluding tert-OH is 1. The lowest BCUT2D eigenvalue weighted by Crippen LogP contribution is -2.03. The SMILES string of the molecule is COc1cccc([C@H](O)c2c(C)ccc3ccccc23)c1. The Hall–Kier alpha value is -2.32. The van der Waals surface area contributed by atoms with E-state index in [0.29, 0.717) is 0 Å². The van der Waals surface area contributed by atoms with Gasteiger partial charge in [0.25, 0.3) is 0 Å². The minimum absolute atomic E-state index is 0.661. The molecule has 0 aromatic heterocycles. The number of hydrogen-bond acceptors (Lipinski definition) is 2. The summed E-state index contributed by atoms with van der Waals surface area (Å²) in [5.74, 6) is 0.754. The van der Waals surface area contributed by atoms with Gasteiger partial charge in [0.05, 0.1) is 7.11 Å². The van der Waals surface area contributed by atoms with Crippen molar-refractivity contribution in [3.05, 3.63) is 77.4 Å². The number of methoxy groups -OCH3 is 1. The highest BCUT2D eigenvalue weighted by molar-refractivity contribution is 5.87. The fraction of sp³-hybridized carbons (Fsp3) is 0.158. The summed E-state index contributed by atoms with van der Waals surface area (Å²) in [6, 6.07) is 19.9. The Balaban J connectivity index is 2.16. The number of fused-ring (bicyclic) bond motifs is 1. The molecule has 0 spiro atoms. The summed E-state index contributed by atoms with van der Waals surface area (Å²) in [6.45, 7) is 2.03. The molecule has 3 aromatic carbocycles. The average Bonchev–Trinajstić information content (AvgIpc) is 2.54. The van der Waals surface area contributed by atoms with Gasteiger partial charge in [-0.2, -0.15) is 0 Å². The van der Waals surface area contributed by atoms with E-state index in [1.807, 2.05) is 43.3 Å². The summed E-state index contributed by atoms with van der Waals surface area (Å²) in [5, 5.41) is 13.1. The Bertz CT molecular complexity index is 777. The first kappa shape index (κ1) is 13.7. The Labute approximate surface area is 124 Å². The normalized spacial score (nSPS) is 12.3. The minimum atomic E-state index is -0.661. The maximum absolute atomic E-state index is 10.8. The zero-order chi connectivity index (χ0) is 14.8. The van der Waals surface area contributed by atoms with Crippen molar-refractivity contribution in [2.45, 2.75) is 13.0 Å². The van der Waals surface area contributed by atoms with Crippen molar-refractivity contribution >= 4 is 10.8 Å². The molecule has 0 aliphatic heterocycles. The fourth-order valence-corrected chi connectivity index (χ4v) is 2.75. The highest BCUT2D eigenvalue weighted by Gasteiger charge is 2.16. The van der Waals surface area contributed by atoms with Crippen LogP contribution in [0.25, 0.3) is 10.8 Å². The minimum Gasteiger partial charge on any atom is -0.497 e. The Morgan fingerprint density at radius 2 is 1.76 bits per heavy atom. The number of aliphatic hydroxyl groups is 1. The van der Waals surface area contributed by atoms with Crippen LogP contribution < -0.4 is 4.74 Å². The number of rotatable bonds is 3. The van der Waals surface area contributed by atoms with E-state index in [2.05, 4.69) is 24.3 Å². The lowest BCUT2D eigenvalue weighted by molar-refractivity contribution is 0.220. The molecule has 0 fully saturated rings. The van der Waals surface area contributed by atoms with Crippen LogP contribution in [0.1, 0.15) is 22.8 Å². The number of benzene rings is 3. The van der Waals surface area contributed by atoms with Crippen molar-refractivity contribution < 1.29 is 9.84 Å². The molecule has 0 aliphatic rings. The third-order valence-electron chi connectivity index (χ3n) is 3.87. The van der Waals surface area contributed by atoms with Gasteiger partial charge in [-0.3, -0.25) is 0 Å². The largest absolute Gasteiger partial charge is 0.497 e. The molecule has 1 N–H and O–H groups in total. The van der Waals surface area contributed by atoms with Crippen molar-refractivity contribution in [3.8, 4) is 5.75 Å². The van der Waals surface area contributed by atoms with Crippen molar-refractivity contribution in [3.63, 3.8) is 0 Å². The third-order valence-corrected chi connectivity index (χ3v) is 3.87. The van der Waals surface area contributed by atoms with Crippen LogP contribution >= 0.6 is 0 Å². The van der Waals surface area contributed by atoms with Gasteiger partial charge in [0.1, 0.15) is 11.9 Å². The third kappa shape index (κ3) is 2.50. The van der Waals surface area contributed by atoms with Gasteiger partial charge >= 0.3 is 0 Å². The van der Waals surface area contributed by atoms with Crippen molar-refractivity contribution in [1.29, 1.82) is 0 Å². The van der Waals surface area contributed by atoms with E-state index in [1.54, 1.807) is 7.11 Å². The predicted molar refractivity (Wildman–Crippen MR) is 85.7 cm³/mol. The standard InChI is InChI=1S/C19H18O2/c1-13-10-11-14-6-3-4-9-17(14)18(13)19(20)15-7-5-8-16(12-15)21-2/h3-12,19-20H,1-2H3/t19-/m0/s1. The van der Waals surface area contributed by atoms with Crippen LogP contribution in [0.3, 0.4) is 0 Å². The number of hydrogen-bond donors (Lipinski definition) is 1. The van der Waals surface area contributed by atoms with Crippen LogP contribution in [-0.2, 0) is 0 Å². The van der Waals surface area contributed by atoms with E-state index in [0.717, 1.165) is 33.2 Å². The van der Waals surface area contributed by atoms with Gasteiger partial charge in [0.15, 0.2) is 0 Å². The van der Waals surface area contributed by atoms with E-state index in [9.17, 15) is 5.11 Å². The molecule has 2 heteroatoms. The Kier molecular flexibility index (Phi) is 3.63. The number of aryl methyl sites for hydroxylation is 1. The smallest absolute Gasteiger partial charge is 0.119 e. The predicted octanol–water partition coefficient (Wildman–Crippen LogP) is 4.24. The molecule has 0 radical (unpaired) electrons. The molecule has 3 rings (SSSR count). The van der Waals surface area contributed by atoms with Crippen LogP contribution in [0.2, 0.25) is 0 Å². The van der Waals surface area contributed by atoms with Crippen LogP contribution in [0, 0.1) is 6.92 Å². The fourth-order valence-electron chi connectivity index (χ4n) is 2.75. The highest BCUT2D eigenvalue weighted by atomic mass is 16.5. The molecule has 0 saturated heterocycles. The second kappa shape index (κ2) is 5.58. The Morgan fingerprint density at radius 1 is 0.952 bits per heavy atom. The molecular weight excluding hydrogens is 260 g/mol. The topological polar surface area (TPSA) is 29.5 Å². The van der Waals surface area contributed by atoms with E-state index in [-0.39, 0.29) is 0 Å². The van der Waals surface area contributed by atoms with Gasteiger partial charge in [0.2, 0.25) is 0 Å². The molecule has 3 aromatic rings. The summed E-state index contributed by atoms with van der Waals surface area (Å²) in [4.78, 5) is 0. The molecular formula is C19H18O2. The molecule has 2 nitrogen and oxygen atoms in total. The van der Waals surface area contributed by atoms with Gasteiger partial charge in [-0.1, -0.05) is 48.5 Å². The maximum atomic E-state index is 10.8. The molecule has 106 valence electrons. The lowest BCUT2D eigenvalue weighted by Gasteiger charge is -2.17. The first-order chi connectivity index (χ1) is 10.2. The molecule has 0 heterocycles. The van der Waals surface area contributed by atoms with Crippen molar-refractivity contribution in [2.24, 2.45) is 0 Å². The summed E-state index contributed by atoms with van der Waals surface area (Å²) in [7, 11) is 1.63. The van der Waals surface area contributed by atoms with E-state index >= 15 is 0 Å². The van der Waals surface area contributed by atoms with Gasteiger partial charge in [-0.15, -0.1) is 0 Å². The molecule has 0 bridgehead atoms. The summed E-state index contributed by atoms with van der Waals surface area (Å²) < 4.78 is 5.25. The highest BCUT2D eigenvalue weighted by Crippen LogP contribution is 2.32. The molecule has 0 unspecified atom stereocenters. The average molecular weight is 278 g/mol. The Morgan fingerprint density at radius 3 is 2.57 bits per heavy atom. The molecule has 0 aliphatic carbocycles.